The van der Waals surface area contributed by atoms with Gasteiger partial charge in [-0.25, -0.2) is 14.2 Å². The number of pyridine rings is 2. The second kappa shape index (κ2) is 6.95. The van der Waals surface area contributed by atoms with Gasteiger partial charge < -0.3 is 9.26 Å². The van der Waals surface area contributed by atoms with Gasteiger partial charge >= 0.3 is 5.97 Å². The molecule has 0 amide bonds. The van der Waals surface area contributed by atoms with Gasteiger partial charge in [-0.2, -0.15) is 0 Å². The molecule has 0 bridgehead atoms. The number of hydrogen-bond acceptors (Lipinski definition) is 6. The van der Waals surface area contributed by atoms with Crippen molar-refractivity contribution in [2.75, 3.05) is 0 Å². The van der Waals surface area contributed by atoms with Crippen LogP contribution in [0.15, 0.2) is 59.3 Å². The Morgan fingerprint density at radius 2 is 2.00 bits per heavy atom. The van der Waals surface area contributed by atoms with E-state index in [1.807, 2.05) is 6.07 Å². The Morgan fingerprint density at radius 1 is 1.19 bits per heavy atom. The number of nitrogens with zero attached hydrogens (tertiary/aromatic N) is 3. The zero-order valence-electron chi connectivity index (χ0n) is 14.3. The van der Waals surface area contributed by atoms with Crippen LogP contribution in [0.3, 0.4) is 0 Å². The zero-order valence-corrected chi connectivity index (χ0v) is 14.3. The summed E-state index contributed by atoms with van der Waals surface area (Å²) in [7, 11) is 0. The Morgan fingerprint density at radius 3 is 2.74 bits per heavy atom. The van der Waals surface area contributed by atoms with E-state index >= 15 is 0 Å². The number of halogens is 1. The van der Waals surface area contributed by atoms with Crippen molar-refractivity contribution in [2.24, 2.45) is 0 Å². The molecule has 0 N–H and O–H groups in total. The SMILES string of the molecule is Cc1noc2nc(-c3ccc(F)cc3)cc(C(=O)OCc3ccccn3)c12. The Labute approximate surface area is 153 Å². The van der Waals surface area contributed by atoms with E-state index in [1.54, 1.807) is 43.5 Å². The quantitative estimate of drug-likeness (QED) is 0.508. The molecule has 4 aromatic rings. The Bertz CT molecular complexity index is 1110. The number of fused-ring (bicyclic) bond motifs is 1. The van der Waals surface area contributed by atoms with Crippen LogP contribution in [-0.4, -0.2) is 21.1 Å². The van der Waals surface area contributed by atoms with Gasteiger partial charge in [-0.3, -0.25) is 4.98 Å². The first-order chi connectivity index (χ1) is 13.1. The van der Waals surface area contributed by atoms with Crippen molar-refractivity contribution in [2.45, 2.75) is 13.5 Å². The van der Waals surface area contributed by atoms with Gasteiger partial charge in [0.1, 0.15) is 12.4 Å². The van der Waals surface area contributed by atoms with Crippen molar-refractivity contribution in [3.05, 3.63) is 77.5 Å². The van der Waals surface area contributed by atoms with Crippen LogP contribution in [0.5, 0.6) is 0 Å². The fourth-order valence-corrected chi connectivity index (χ4v) is 2.72. The molecule has 0 saturated carbocycles. The number of rotatable bonds is 4. The molecule has 3 heterocycles. The molecule has 0 aliphatic heterocycles. The van der Waals surface area contributed by atoms with Crippen LogP contribution < -0.4 is 0 Å². The summed E-state index contributed by atoms with van der Waals surface area (Å²) >= 11 is 0. The average Bonchev–Trinajstić information content (AvgIpc) is 3.08. The van der Waals surface area contributed by atoms with E-state index in [9.17, 15) is 9.18 Å². The molecule has 7 heteroatoms. The molecule has 3 aromatic heterocycles. The molecular formula is C20H14FN3O3. The highest BCUT2D eigenvalue weighted by Crippen LogP contribution is 2.27. The first-order valence-corrected chi connectivity index (χ1v) is 8.22. The molecule has 0 unspecified atom stereocenters. The Hall–Kier alpha value is -3.61. The number of carbonyl (C=O) groups excluding carboxylic acids is 1. The maximum absolute atomic E-state index is 13.2. The third-order valence-electron chi connectivity index (χ3n) is 4.05. The number of benzene rings is 1. The van der Waals surface area contributed by atoms with Crippen molar-refractivity contribution in [1.82, 2.24) is 15.1 Å². The van der Waals surface area contributed by atoms with Crippen LogP contribution in [0.2, 0.25) is 0 Å². The van der Waals surface area contributed by atoms with Crippen molar-refractivity contribution in [1.29, 1.82) is 0 Å². The minimum Gasteiger partial charge on any atom is -0.456 e. The molecule has 134 valence electrons. The minimum absolute atomic E-state index is 0.0414. The highest BCUT2D eigenvalue weighted by atomic mass is 19.1. The minimum atomic E-state index is -0.539. The summed E-state index contributed by atoms with van der Waals surface area (Å²) in [6.45, 7) is 1.76. The fourth-order valence-electron chi connectivity index (χ4n) is 2.72. The van der Waals surface area contributed by atoms with Crippen molar-refractivity contribution in [3.8, 4) is 11.3 Å². The highest BCUT2D eigenvalue weighted by Gasteiger charge is 2.20. The van der Waals surface area contributed by atoms with E-state index < -0.39 is 5.97 Å². The molecule has 0 fully saturated rings. The molecule has 4 rings (SSSR count). The molecule has 1 aromatic carbocycles. The van der Waals surface area contributed by atoms with Gasteiger partial charge in [0, 0.05) is 11.8 Å². The second-order valence-corrected chi connectivity index (χ2v) is 5.91. The topological polar surface area (TPSA) is 78.1 Å². The molecule has 0 aliphatic rings. The Balaban J connectivity index is 1.72. The molecular weight excluding hydrogens is 349 g/mol. The van der Waals surface area contributed by atoms with Crippen LogP contribution >= 0.6 is 0 Å². The van der Waals surface area contributed by atoms with E-state index in [-0.39, 0.29) is 23.7 Å². The summed E-state index contributed by atoms with van der Waals surface area (Å²) in [4.78, 5) is 21.2. The summed E-state index contributed by atoms with van der Waals surface area (Å²) in [5.74, 6) is -0.895. The zero-order chi connectivity index (χ0) is 18.8. The van der Waals surface area contributed by atoms with E-state index in [2.05, 4.69) is 15.1 Å². The van der Waals surface area contributed by atoms with Crippen LogP contribution in [-0.2, 0) is 11.3 Å². The van der Waals surface area contributed by atoms with Crippen molar-refractivity contribution >= 4 is 17.1 Å². The molecule has 0 radical (unpaired) electrons. The Kier molecular flexibility index (Phi) is 4.33. The smallest absolute Gasteiger partial charge is 0.339 e. The van der Waals surface area contributed by atoms with E-state index in [0.717, 1.165) is 0 Å². The third-order valence-corrected chi connectivity index (χ3v) is 4.05. The maximum atomic E-state index is 13.2. The summed E-state index contributed by atoms with van der Waals surface area (Å²) in [6, 6.07) is 12.8. The summed E-state index contributed by atoms with van der Waals surface area (Å²) in [5.41, 5.74) is 2.78. The standard InChI is InChI=1S/C20H14FN3O3/c1-12-18-16(20(25)26-11-15-4-2-3-9-22-15)10-17(23-19(18)27-24-12)13-5-7-14(21)8-6-13/h2-10H,11H2,1H3. The van der Waals surface area contributed by atoms with Crippen LogP contribution in [0.4, 0.5) is 4.39 Å². The summed E-state index contributed by atoms with van der Waals surface area (Å²) in [6.07, 6.45) is 1.63. The molecule has 0 aliphatic carbocycles. The lowest BCUT2D eigenvalue weighted by Crippen LogP contribution is -2.08. The van der Waals surface area contributed by atoms with Gasteiger partial charge in [0.05, 0.1) is 28.0 Å². The van der Waals surface area contributed by atoms with Crippen LogP contribution in [0, 0.1) is 12.7 Å². The molecule has 0 spiro atoms. The van der Waals surface area contributed by atoms with Gasteiger partial charge in [-0.15, -0.1) is 0 Å². The first kappa shape index (κ1) is 16.8. The normalized spacial score (nSPS) is 10.9. The number of aromatic nitrogens is 3. The van der Waals surface area contributed by atoms with E-state index in [1.165, 1.54) is 12.1 Å². The van der Waals surface area contributed by atoms with Gasteiger partial charge in [-0.1, -0.05) is 11.2 Å². The number of ether oxygens (including phenoxy) is 1. The summed E-state index contributed by atoms with van der Waals surface area (Å²) in [5, 5.41) is 4.38. The largest absolute Gasteiger partial charge is 0.456 e. The summed E-state index contributed by atoms with van der Waals surface area (Å²) < 4.78 is 23.8. The van der Waals surface area contributed by atoms with Crippen LogP contribution in [0.25, 0.3) is 22.4 Å². The lowest BCUT2D eigenvalue weighted by atomic mass is 10.1. The number of carbonyl (C=O) groups is 1. The van der Waals surface area contributed by atoms with Gasteiger partial charge in [0.15, 0.2) is 0 Å². The first-order valence-electron chi connectivity index (χ1n) is 8.22. The van der Waals surface area contributed by atoms with Gasteiger partial charge in [0.25, 0.3) is 5.71 Å². The highest BCUT2D eigenvalue weighted by molar-refractivity contribution is 6.04. The maximum Gasteiger partial charge on any atom is 0.339 e. The molecule has 6 nitrogen and oxygen atoms in total. The predicted octanol–water partition coefficient (Wildman–Crippen LogP) is 4.09. The number of hydrogen-bond donors (Lipinski definition) is 0. The lowest BCUT2D eigenvalue weighted by Gasteiger charge is -2.08. The van der Waals surface area contributed by atoms with Gasteiger partial charge in [0.2, 0.25) is 0 Å². The molecule has 0 atom stereocenters. The predicted molar refractivity (Wildman–Crippen MR) is 95.3 cm³/mol. The number of esters is 1. The van der Waals surface area contributed by atoms with E-state index in [4.69, 9.17) is 9.26 Å². The number of aryl methyl sites for hydroxylation is 1. The second-order valence-electron chi connectivity index (χ2n) is 5.91. The van der Waals surface area contributed by atoms with Crippen molar-refractivity contribution < 1.29 is 18.4 Å². The average molecular weight is 363 g/mol. The molecule has 0 saturated heterocycles. The van der Waals surface area contributed by atoms with Crippen molar-refractivity contribution in [3.63, 3.8) is 0 Å². The fraction of sp³-hybridized carbons (Fsp3) is 0.100. The third kappa shape index (κ3) is 3.39. The van der Waals surface area contributed by atoms with Gasteiger partial charge in [-0.05, 0) is 49.4 Å². The monoisotopic (exact) mass is 363 g/mol. The lowest BCUT2D eigenvalue weighted by molar-refractivity contribution is 0.0470. The van der Waals surface area contributed by atoms with Crippen LogP contribution in [0.1, 0.15) is 21.7 Å². The molecule has 27 heavy (non-hydrogen) atoms. The van der Waals surface area contributed by atoms with E-state index in [0.29, 0.717) is 28.0 Å².